The Kier molecular flexibility index (Phi) is 5.27. The number of carbonyl (C=O) groups excluding carboxylic acids is 2. The number of hydrogen-bond acceptors (Lipinski definition) is 3. The standard InChI is InChI=1S/C19H24F2N2O3/c1-3-22(18(25)16(26-2)13-11-19(20,21)12-13)15-9-10-23(17(15)24)14-7-5-4-6-8-14/h4-8,13,15-16H,3,9-12H2,1-2H3. The van der Waals surface area contributed by atoms with Gasteiger partial charge in [-0.3, -0.25) is 9.59 Å². The van der Waals surface area contributed by atoms with Gasteiger partial charge in [0.25, 0.3) is 5.91 Å². The molecule has 1 aliphatic heterocycles. The molecule has 2 unspecified atom stereocenters. The zero-order valence-corrected chi connectivity index (χ0v) is 15.0. The molecular formula is C19H24F2N2O3. The van der Waals surface area contributed by atoms with Gasteiger partial charge in [-0.05, 0) is 25.5 Å². The summed E-state index contributed by atoms with van der Waals surface area (Å²) < 4.78 is 31.6. The Hall–Kier alpha value is -2.02. The third-order valence-electron chi connectivity index (χ3n) is 5.29. The minimum absolute atomic E-state index is 0.139. The molecular weight excluding hydrogens is 342 g/mol. The molecule has 2 atom stereocenters. The third kappa shape index (κ3) is 3.45. The van der Waals surface area contributed by atoms with E-state index in [1.807, 2.05) is 30.3 Å². The lowest BCUT2D eigenvalue weighted by Crippen LogP contribution is -2.54. The number of anilines is 1. The maximum atomic E-state index is 13.2. The number of ether oxygens (including phenoxy) is 1. The van der Waals surface area contributed by atoms with Crippen molar-refractivity contribution in [2.45, 2.75) is 44.3 Å². The maximum absolute atomic E-state index is 13.2. The van der Waals surface area contributed by atoms with Crippen LogP contribution in [0.4, 0.5) is 14.5 Å². The highest BCUT2D eigenvalue weighted by atomic mass is 19.3. The molecule has 0 bridgehead atoms. The van der Waals surface area contributed by atoms with Crippen LogP contribution in [0.15, 0.2) is 30.3 Å². The number of carbonyl (C=O) groups is 2. The molecule has 1 aromatic carbocycles. The van der Waals surface area contributed by atoms with Crippen LogP contribution < -0.4 is 4.90 Å². The summed E-state index contributed by atoms with van der Waals surface area (Å²) in [6.07, 6.45) is -1.09. The van der Waals surface area contributed by atoms with Gasteiger partial charge in [0.2, 0.25) is 11.8 Å². The largest absolute Gasteiger partial charge is 0.371 e. The highest BCUT2D eigenvalue weighted by molar-refractivity contribution is 6.01. The van der Waals surface area contributed by atoms with Crippen molar-refractivity contribution >= 4 is 17.5 Å². The Morgan fingerprint density at radius 1 is 1.35 bits per heavy atom. The molecule has 1 heterocycles. The van der Waals surface area contributed by atoms with E-state index in [2.05, 4.69) is 0 Å². The highest BCUT2D eigenvalue weighted by Gasteiger charge is 2.52. The number of nitrogens with zero attached hydrogens (tertiary/aromatic N) is 2. The van der Waals surface area contributed by atoms with Gasteiger partial charge in [0, 0.05) is 44.6 Å². The molecule has 1 aromatic rings. The first kappa shape index (κ1) is 18.8. The van der Waals surface area contributed by atoms with Gasteiger partial charge in [-0.25, -0.2) is 8.78 Å². The minimum Gasteiger partial charge on any atom is -0.371 e. The summed E-state index contributed by atoms with van der Waals surface area (Å²) in [5.41, 5.74) is 0.797. The SMILES string of the molecule is CCN(C(=O)C(OC)C1CC(F)(F)C1)C1CCN(c2ccccc2)C1=O. The molecule has 5 nitrogen and oxygen atoms in total. The number of amides is 2. The van der Waals surface area contributed by atoms with Gasteiger partial charge in [0.05, 0.1) is 0 Å². The first-order valence-corrected chi connectivity index (χ1v) is 8.95. The van der Waals surface area contributed by atoms with Crippen LogP contribution >= 0.6 is 0 Å². The van der Waals surface area contributed by atoms with Crippen molar-refractivity contribution < 1.29 is 23.1 Å². The van der Waals surface area contributed by atoms with Crippen LogP contribution in [-0.2, 0) is 14.3 Å². The normalized spacial score (nSPS) is 23.6. The summed E-state index contributed by atoms with van der Waals surface area (Å²) >= 11 is 0. The number of halogens is 2. The van der Waals surface area contributed by atoms with Crippen molar-refractivity contribution in [3.05, 3.63) is 30.3 Å². The second-order valence-electron chi connectivity index (χ2n) is 6.93. The molecule has 1 saturated heterocycles. The second-order valence-corrected chi connectivity index (χ2v) is 6.93. The number of benzene rings is 1. The number of rotatable bonds is 6. The van der Waals surface area contributed by atoms with E-state index in [1.54, 1.807) is 11.8 Å². The summed E-state index contributed by atoms with van der Waals surface area (Å²) in [7, 11) is 1.36. The van der Waals surface area contributed by atoms with Crippen molar-refractivity contribution in [2.75, 3.05) is 25.1 Å². The highest BCUT2D eigenvalue weighted by Crippen LogP contribution is 2.45. The molecule has 2 fully saturated rings. The first-order valence-electron chi connectivity index (χ1n) is 8.95. The van der Waals surface area contributed by atoms with Crippen LogP contribution in [0.2, 0.25) is 0 Å². The van der Waals surface area contributed by atoms with Gasteiger partial charge >= 0.3 is 0 Å². The zero-order chi connectivity index (χ0) is 18.9. The van der Waals surface area contributed by atoms with Gasteiger partial charge in [-0.15, -0.1) is 0 Å². The maximum Gasteiger partial charge on any atom is 0.252 e. The fourth-order valence-corrected chi connectivity index (χ4v) is 3.93. The summed E-state index contributed by atoms with van der Waals surface area (Å²) in [5, 5.41) is 0. The average Bonchev–Trinajstić information content (AvgIpc) is 2.97. The van der Waals surface area contributed by atoms with Gasteiger partial charge in [-0.2, -0.15) is 0 Å². The smallest absolute Gasteiger partial charge is 0.252 e. The van der Waals surface area contributed by atoms with E-state index in [9.17, 15) is 18.4 Å². The zero-order valence-electron chi connectivity index (χ0n) is 15.0. The molecule has 0 aromatic heterocycles. The van der Waals surface area contributed by atoms with Crippen molar-refractivity contribution in [2.24, 2.45) is 5.92 Å². The molecule has 2 aliphatic rings. The molecule has 1 saturated carbocycles. The van der Waals surface area contributed by atoms with Gasteiger partial charge < -0.3 is 14.5 Å². The molecule has 1 aliphatic carbocycles. The Bertz CT molecular complexity index is 660. The Labute approximate surface area is 151 Å². The first-order chi connectivity index (χ1) is 12.4. The van der Waals surface area contributed by atoms with Gasteiger partial charge in [-0.1, -0.05) is 18.2 Å². The van der Waals surface area contributed by atoms with Crippen LogP contribution in [0.5, 0.6) is 0 Å². The summed E-state index contributed by atoms with van der Waals surface area (Å²) in [6, 6.07) is 8.72. The number of para-hydroxylation sites is 1. The summed E-state index contributed by atoms with van der Waals surface area (Å²) in [4.78, 5) is 28.9. The lowest BCUT2D eigenvalue weighted by Gasteiger charge is -2.40. The molecule has 142 valence electrons. The Morgan fingerprint density at radius 3 is 2.54 bits per heavy atom. The van der Waals surface area contributed by atoms with E-state index in [1.165, 1.54) is 12.0 Å². The number of methoxy groups -OCH3 is 1. The Morgan fingerprint density at radius 2 is 2.00 bits per heavy atom. The number of likely N-dealkylation sites (N-methyl/N-ethyl adjacent to an activating group) is 1. The van der Waals surface area contributed by atoms with Crippen LogP contribution in [0, 0.1) is 5.92 Å². The van der Waals surface area contributed by atoms with E-state index >= 15 is 0 Å². The van der Waals surface area contributed by atoms with E-state index in [4.69, 9.17) is 4.74 Å². The fourth-order valence-electron chi connectivity index (χ4n) is 3.93. The van der Waals surface area contributed by atoms with Crippen LogP contribution in [0.1, 0.15) is 26.2 Å². The fraction of sp³-hybridized carbons (Fsp3) is 0.579. The molecule has 3 rings (SSSR count). The minimum atomic E-state index is -2.72. The molecule has 7 heteroatoms. The van der Waals surface area contributed by atoms with E-state index in [-0.39, 0.29) is 24.7 Å². The molecule has 2 amide bonds. The second kappa shape index (κ2) is 7.31. The van der Waals surface area contributed by atoms with Crippen molar-refractivity contribution in [1.82, 2.24) is 4.90 Å². The third-order valence-corrected chi connectivity index (χ3v) is 5.29. The van der Waals surface area contributed by atoms with E-state index in [0.717, 1.165) is 5.69 Å². The lowest BCUT2D eigenvalue weighted by molar-refractivity contribution is -0.171. The summed E-state index contributed by atoms with van der Waals surface area (Å²) in [5.74, 6) is -3.73. The molecule has 0 spiro atoms. The van der Waals surface area contributed by atoms with Crippen LogP contribution in [0.3, 0.4) is 0 Å². The van der Waals surface area contributed by atoms with E-state index in [0.29, 0.717) is 19.5 Å². The summed E-state index contributed by atoms with van der Waals surface area (Å²) in [6.45, 7) is 2.65. The molecule has 0 radical (unpaired) electrons. The van der Waals surface area contributed by atoms with E-state index < -0.39 is 24.0 Å². The van der Waals surface area contributed by atoms with Gasteiger partial charge in [0.15, 0.2) is 0 Å². The monoisotopic (exact) mass is 366 g/mol. The predicted octanol–water partition coefficient (Wildman–Crippen LogP) is 2.70. The number of alkyl halides is 2. The predicted molar refractivity (Wildman–Crippen MR) is 93.1 cm³/mol. The Balaban J connectivity index is 1.72. The van der Waals surface area contributed by atoms with Crippen molar-refractivity contribution in [3.63, 3.8) is 0 Å². The number of hydrogen-bond donors (Lipinski definition) is 0. The van der Waals surface area contributed by atoms with Crippen LogP contribution in [0.25, 0.3) is 0 Å². The van der Waals surface area contributed by atoms with Crippen LogP contribution in [-0.4, -0.2) is 55.0 Å². The van der Waals surface area contributed by atoms with Crippen molar-refractivity contribution in [1.29, 1.82) is 0 Å². The van der Waals surface area contributed by atoms with Crippen molar-refractivity contribution in [3.8, 4) is 0 Å². The molecule has 0 N–H and O–H groups in total. The topological polar surface area (TPSA) is 49.9 Å². The van der Waals surface area contributed by atoms with Gasteiger partial charge in [0.1, 0.15) is 12.1 Å². The average molecular weight is 366 g/mol. The quantitative estimate of drug-likeness (QED) is 0.778. The lowest BCUT2D eigenvalue weighted by atomic mass is 9.77. The molecule has 26 heavy (non-hydrogen) atoms.